The van der Waals surface area contributed by atoms with Crippen molar-refractivity contribution in [1.29, 1.82) is 0 Å². The average Bonchev–Trinajstić information content (AvgIpc) is 2.69. The molecule has 12 heteroatoms. The number of rotatable bonds is 6. The number of nitrogen functional groups attached to an aromatic ring is 1. The minimum absolute atomic E-state index is 0.0783. The molecule has 1 amide bonds. The van der Waals surface area contributed by atoms with Gasteiger partial charge in [-0.25, -0.2) is 9.97 Å². The number of carbonyl (C=O) groups excluding carboxylic acids is 1. The van der Waals surface area contributed by atoms with Crippen LogP contribution < -0.4 is 26.6 Å². The number of amides is 1. The summed E-state index contributed by atoms with van der Waals surface area (Å²) in [5.41, 5.74) is 11.8. The summed E-state index contributed by atoms with van der Waals surface area (Å²) >= 11 is 0. The number of aromatic nitrogens is 3. The Hall–Kier alpha value is -4.09. The van der Waals surface area contributed by atoms with E-state index in [1.807, 2.05) is 0 Å². The van der Waals surface area contributed by atoms with E-state index in [0.717, 1.165) is 12.1 Å². The maximum atomic E-state index is 12.2. The fourth-order valence-electron chi connectivity index (χ4n) is 2.16. The van der Waals surface area contributed by atoms with Crippen molar-refractivity contribution >= 4 is 28.9 Å². The number of pyridine rings is 1. The molecule has 0 bridgehead atoms. The van der Waals surface area contributed by atoms with Crippen LogP contribution in [-0.4, -0.2) is 27.2 Å². The Morgan fingerprint density at radius 2 is 1.79 bits per heavy atom. The number of nitrogens with zero attached hydrogens (tertiary/aromatic N) is 3. The molecule has 0 unspecified atom stereocenters. The first-order chi connectivity index (χ1) is 13.8. The number of halogens is 3. The minimum Gasteiger partial charge on any atom is -0.406 e. The van der Waals surface area contributed by atoms with Gasteiger partial charge in [0.15, 0.2) is 11.6 Å². The molecule has 0 aliphatic carbocycles. The number of hydrazine groups is 1. The summed E-state index contributed by atoms with van der Waals surface area (Å²) in [7, 11) is 0. The lowest BCUT2D eigenvalue weighted by molar-refractivity contribution is -0.274. The molecule has 1 aromatic carbocycles. The molecule has 2 heterocycles. The van der Waals surface area contributed by atoms with Crippen LogP contribution in [0.25, 0.3) is 0 Å². The van der Waals surface area contributed by atoms with E-state index in [4.69, 9.17) is 5.73 Å². The number of nitrogens with one attached hydrogen (secondary N) is 3. The number of hydrogen-bond donors (Lipinski definition) is 4. The third-order valence-corrected chi connectivity index (χ3v) is 3.45. The highest BCUT2D eigenvalue weighted by molar-refractivity contribution is 5.94. The molecule has 0 spiro atoms. The van der Waals surface area contributed by atoms with Crippen LogP contribution in [0.2, 0.25) is 0 Å². The van der Waals surface area contributed by atoms with Gasteiger partial charge in [-0.3, -0.25) is 20.6 Å². The Bertz CT molecular complexity index is 983. The molecule has 0 aliphatic rings. The first-order valence-electron chi connectivity index (χ1n) is 8.01. The summed E-state index contributed by atoms with van der Waals surface area (Å²) < 4.78 is 40.4. The van der Waals surface area contributed by atoms with E-state index in [-0.39, 0.29) is 23.1 Å². The Kier molecular flexibility index (Phi) is 5.62. The van der Waals surface area contributed by atoms with Gasteiger partial charge in [0.25, 0.3) is 5.91 Å². The number of benzene rings is 1. The van der Waals surface area contributed by atoms with Crippen LogP contribution in [0.3, 0.4) is 0 Å². The van der Waals surface area contributed by atoms with Crippen LogP contribution in [-0.2, 0) is 0 Å². The van der Waals surface area contributed by atoms with Gasteiger partial charge in [0, 0.05) is 18.1 Å². The lowest BCUT2D eigenvalue weighted by Gasteiger charge is -2.13. The largest absolute Gasteiger partial charge is 0.573 e. The highest BCUT2D eigenvalue weighted by Crippen LogP contribution is 2.28. The molecule has 2 aromatic heterocycles. The lowest BCUT2D eigenvalue weighted by Crippen LogP contribution is -2.30. The van der Waals surface area contributed by atoms with Crippen molar-refractivity contribution < 1.29 is 22.7 Å². The summed E-state index contributed by atoms with van der Waals surface area (Å²) in [5, 5.41) is 2.85. The molecule has 5 N–H and O–H groups in total. The van der Waals surface area contributed by atoms with E-state index < -0.39 is 12.3 Å². The summed E-state index contributed by atoms with van der Waals surface area (Å²) in [6.45, 7) is 0. The van der Waals surface area contributed by atoms with Gasteiger partial charge in [-0.15, -0.1) is 13.2 Å². The maximum Gasteiger partial charge on any atom is 0.573 e. The maximum absolute atomic E-state index is 12.2. The summed E-state index contributed by atoms with van der Waals surface area (Å²) in [5.74, 6) is -0.510. The number of alkyl halides is 3. The zero-order chi connectivity index (χ0) is 20.9. The average molecular weight is 405 g/mol. The minimum atomic E-state index is -4.77. The first-order valence-corrected chi connectivity index (χ1v) is 8.01. The number of ether oxygens (including phenoxy) is 1. The fourth-order valence-corrected chi connectivity index (χ4v) is 2.16. The molecule has 0 aliphatic heterocycles. The second kappa shape index (κ2) is 8.29. The van der Waals surface area contributed by atoms with Crippen molar-refractivity contribution in [3.05, 3.63) is 60.7 Å². The van der Waals surface area contributed by atoms with E-state index in [0.29, 0.717) is 11.3 Å². The van der Waals surface area contributed by atoms with Gasteiger partial charge < -0.3 is 15.8 Å². The number of hydrogen-bond acceptors (Lipinski definition) is 8. The van der Waals surface area contributed by atoms with Gasteiger partial charge in [-0.05, 0) is 36.4 Å². The smallest absolute Gasteiger partial charge is 0.406 e. The third-order valence-electron chi connectivity index (χ3n) is 3.45. The van der Waals surface area contributed by atoms with E-state index in [9.17, 15) is 18.0 Å². The zero-order valence-electron chi connectivity index (χ0n) is 14.6. The molecule has 29 heavy (non-hydrogen) atoms. The van der Waals surface area contributed by atoms with Crippen LogP contribution in [0, 0.1) is 0 Å². The first kappa shape index (κ1) is 19.7. The molecular formula is C17H14F3N7O2. The van der Waals surface area contributed by atoms with Crippen molar-refractivity contribution in [2.45, 2.75) is 6.36 Å². The molecule has 0 fully saturated rings. The fraction of sp³-hybridized carbons (Fsp3) is 0.0588. The lowest BCUT2D eigenvalue weighted by atomic mass is 10.3. The highest BCUT2D eigenvalue weighted by Gasteiger charge is 2.30. The standard InChI is InChI=1S/C17H14F3N7O2/c18-17(19,20)29-12-5-3-11(4-6-12)25-14-13(21)15(24-9-23-14)26-27-16(28)10-2-1-7-22-8-10/h1-9H,21H2,(H,27,28)(H2,23,24,25,26). The van der Waals surface area contributed by atoms with Crippen molar-refractivity contribution in [2.24, 2.45) is 0 Å². The predicted octanol–water partition coefficient (Wildman–Crippen LogP) is 2.85. The topological polar surface area (TPSA) is 127 Å². The van der Waals surface area contributed by atoms with Gasteiger partial charge in [0.05, 0.1) is 5.56 Å². The van der Waals surface area contributed by atoms with Crippen LogP contribution in [0.4, 0.5) is 36.2 Å². The molecular weight excluding hydrogens is 391 g/mol. The van der Waals surface area contributed by atoms with Gasteiger partial charge in [-0.1, -0.05) is 0 Å². The molecule has 3 rings (SSSR count). The van der Waals surface area contributed by atoms with E-state index in [2.05, 4.69) is 35.9 Å². The third kappa shape index (κ3) is 5.45. The van der Waals surface area contributed by atoms with Gasteiger partial charge in [0.1, 0.15) is 17.8 Å². The highest BCUT2D eigenvalue weighted by atomic mass is 19.4. The van der Waals surface area contributed by atoms with Gasteiger partial charge >= 0.3 is 6.36 Å². The zero-order valence-corrected chi connectivity index (χ0v) is 14.6. The summed E-state index contributed by atoms with van der Waals surface area (Å²) in [4.78, 5) is 23.8. The van der Waals surface area contributed by atoms with E-state index in [1.54, 1.807) is 12.1 Å². The Morgan fingerprint density at radius 3 is 2.45 bits per heavy atom. The Labute approximate surface area is 162 Å². The molecule has 3 aromatic rings. The quantitative estimate of drug-likeness (QED) is 0.461. The van der Waals surface area contributed by atoms with Crippen LogP contribution >= 0.6 is 0 Å². The van der Waals surface area contributed by atoms with E-state index >= 15 is 0 Å². The molecule has 0 radical (unpaired) electrons. The monoisotopic (exact) mass is 405 g/mol. The van der Waals surface area contributed by atoms with Crippen molar-refractivity contribution in [3.8, 4) is 5.75 Å². The summed E-state index contributed by atoms with van der Waals surface area (Å²) in [6.07, 6.45) is -0.656. The van der Waals surface area contributed by atoms with Crippen molar-refractivity contribution in [2.75, 3.05) is 16.5 Å². The van der Waals surface area contributed by atoms with Crippen molar-refractivity contribution in [3.63, 3.8) is 0 Å². The van der Waals surface area contributed by atoms with Gasteiger partial charge in [0.2, 0.25) is 0 Å². The second-order valence-corrected chi connectivity index (χ2v) is 5.50. The summed E-state index contributed by atoms with van der Waals surface area (Å²) in [6, 6.07) is 8.19. The Morgan fingerprint density at radius 1 is 1.07 bits per heavy atom. The molecule has 9 nitrogen and oxygen atoms in total. The Balaban J connectivity index is 1.66. The molecule has 0 atom stereocenters. The van der Waals surface area contributed by atoms with Gasteiger partial charge in [-0.2, -0.15) is 0 Å². The van der Waals surface area contributed by atoms with Crippen LogP contribution in [0.1, 0.15) is 10.4 Å². The van der Waals surface area contributed by atoms with Crippen LogP contribution in [0.5, 0.6) is 5.75 Å². The van der Waals surface area contributed by atoms with Crippen molar-refractivity contribution in [1.82, 2.24) is 20.4 Å². The second-order valence-electron chi connectivity index (χ2n) is 5.50. The van der Waals surface area contributed by atoms with Crippen LogP contribution in [0.15, 0.2) is 55.1 Å². The number of nitrogens with two attached hydrogens (primary N) is 1. The predicted molar refractivity (Wildman–Crippen MR) is 98.2 cm³/mol. The SMILES string of the molecule is Nc1c(NNC(=O)c2cccnc2)ncnc1Nc1ccc(OC(F)(F)F)cc1. The van der Waals surface area contributed by atoms with E-state index in [1.165, 1.54) is 30.9 Å². The number of anilines is 4. The normalized spacial score (nSPS) is 10.9. The number of carbonyl (C=O) groups is 1. The molecule has 150 valence electrons. The molecule has 0 saturated carbocycles. The molecule has 0 saturated heterocycles.